The molecule has 1 N–H and O–H groups in total. The van der Waals surface area contributed by atoms with Gasteiger partial charge in [-0.15, -0.1) is 0 Å². The van der Waals surface area contributed by atoms with Gasteiger partial charge in [0.25, 0.3) is 5.91 Å². The third-order valence-electron chi connectivity index (χ3n) is 5.39. The van der Waals surface area contributed by atoms with E-state index in [1.165, 1.54) is 24.0 Å². The molecule has 1 aliphatic heterocycles. The van der Waals surface area contributed by atoms with E-state index in [1.807, 2.05) is 19.1 Å². The summed E-state index contributed by atoms with van der Waals surface area (Å²) in [6, 6.07) is 11.6. The van der Waals surface area contributed by atoms with E-state index in [0.717, 1.165) is 12.0 Å². The van der Waals surface area contributed by atoms with Gasteiger partial charge >= 0.3 is 0 Å². The third kappa shape index (κ3) is 4.99. The van der Waals surface area contributed by atoms with Crippen LogP contribution in [0.5, 0.6) is 5.75 Å². The maximum atomic E-state index is 12.9. The highest BCUT2D eigenvalue weighted by atomic mass is 32.2. The molecule has 2 aromatic rings. The lowest BCUT2D eigenvalue weighted by Gasteiger charge is -2.28. The Labute approximate surface area is 187 Å². The van der Waals surface area contributed by atoms with Gasteiger partial charge in [0.05, 0.1) is 5.69 Å². The summed E-state index contributed by atoms with van der Waals surface area (Å²) in [7, 11) is -4.06. The highest BCUT2D eigenvalue weighted by Crippen LogP contribution is 2.33. The monoisotopic (exact) mass is 458 g/mol. The van der Waals surface area contributed by atoms with Crippen LogP contribution < -0.4 is 15.0 Å². The molecule has 1 unspecified atom stereocenters. The summed E-state index contributed by atoms with van der Waals surface area (Å²) in [6.07, 6.45) is 0.848. The zero-order valence-corrected chi connectivity index (χ0v) is 19.1. The third-order valence-corrected chi connectivity index (χ3v) is 7.34. The summed E-state index contributed by atoms with van der Waals surface area (Å²) in [4.78, 5) is 38.7. The molecule has 8 nitrogen and oxygen atoms in total. The van der Waals surface area contributed by atoms with Gasteiger partial charge in [0.2, 0.25) is 5.91 Å². The van der Waals surface area contributed by atoms with Gasteiger partial charge in [0, 0.05) is 17.8 Å². The first-order valence-electron chi connectivity index (χ1n) is 10.4. The van der Waals surface area contributed by atoms with E-state index in [9.17, 15) is 22.8 Å². The fourth-order valence-electron chi connectivity index (χ4n) is 3.43. The van der Waals surface area contributed by atoms with Crippen molar-refractivity contribution in [3.8, 4) is 5.75 Å². The normalized spacial score (nSPS) is 14.3. The standard InChI is InChI=1S/C23H26N2O6S/c1-4-16-6-9-18(10-7-16)24-21(26)14-32(29,30)15(3)23(28)17-8-11-20-19(12-17)25(5-2)22(27)13-31-20/h6-12,15H,4-5,13-14H2,1-3H3,(H,24,26). The van der Waals surface area contributed by atoms with Gasteiger partial charge in [-0.25, -0.2) is 8.42 Å². The van der Waals surface area contributed by atoms with Crippen molar-refractivity contribution in [2.45, 2.75) is 32.4 Å². The Kier molecular flexibility index (Phi) is 6.98. The van der Waals surface area contributed by atoms with Crippen LogP contribution in [0.25, 0.3) is 0 Å². The van der Waals surface area contributed by atoms with Gasteiger partial charge in [-0.1, -0.05) is 19.1 Å². The molecule has 1 atom stereocenters. The van der Waals surface area contributed by atoms with Crippen molar-refractivity contribution in [1.82, 2.24) is 0 Å². The molecule has 0 spiro atoms. The van der Waals surface area contributed by atoms with Gasteiger partial charge in [-0.2, -0.15) is 0 Å². The van der Waals surface area contributed by atoms with Crippen molar-refractivity contribution in [3.63, 3.8) is 0 Å². The average molecular weight is 459 g/mol. The number of ether oxygens (including phenoxy) is 1. The second-order valence-corrected chi connectivity index (χ2v) is 9.84. The van der Waals surface area contributed by atoms with Gasteiger partial charge in [0.15, 0.2) is 22.2 Å². The Bertz CT molecular complexity index is 1140. The first kappa shape index (κ1) is 23.5. The highest BCUT2D eigenvalue weighted by Gasteiger charge is 2.32. The minimum atomic E-state index is -4.06. The Morgan fingerprint density at radius 1 is 1.12 bits per heavy atom. The van der Waals surface area contributed by atoms with Gasteiger partial charge in [-0.05, 0) is 56.2 Å². The lowest BCUT2D eigenvalue weighted by Crippen LogP contribution is -2.39. The molecule has 1 aliphatic rings. The summed E-state index contributed by atoms with van der Waals surface area (Å²) in [5.74, 6) is -1.97. The number of anilines is 2. The number of Topliss-reactive ketones (excluding diaryl/α,β-unsaturated/α-hetero) is 1. The Balaban J connectivity index is 1.73. The van der Waals surface area contributed by atoms with Crippen LogP contribution in [-0.4, -0.2) is 50.2 Å². The molecule has 0 bridgehead atoms. The number of hydrogen-bond acceptors (Lipinski definition) is 6. The number of nitrogens with zero attached hydrogens (tertiary/aromatic N) is 1. The zero-order valence-electron chi connectivity index (χ0n) is 18.3. The van der Waals surface area contributed by atoms with E-state index in [2.05, 4.69) is 5.32 Å². The summed E-state index contributed by atoms with van der Waals surface area (Å²) in [5.41, 5.74) is 2.13. The molecule has 0 fully saturated rings. The molecule has 2 aromatic carbocycles. The Morgan fingerprint density at radius 2 is 1.81 bits per heavy atom. The van der Waals surface area contributed by atoms with Crippen LogP contribution >= 0.6 is 0 Å². The zero-order chi connectivity index (χ0) is 23.5. The van der Waals surface area contributed by atoms with Crippen molar-refractivity contribution >= 4 is 38.8 Å². The number of ketones is 1. The average Bonchev–Trinajstić information content (AvgIpc) is 2.77. The topological polar surface area (TPSA) is 110 Å². The Hall–Kier alpha value is -3.20. The number of nitrogens with one attached hydrogen (secondary N) is 1. The van der Waals surface area contributed by atoms with E-state index in [0.29, 0.717) is 23.7 Å². The fourth-order valence-corrected chi connectivity index (χ4v) is 4.58. The molecule has 0 saturated carbocycles. The van der Waals surface area contributed by atoms with Crippen LogP contribution in [0.1, 0.15) is 36.7 Å². The van der Waals surface area contributed by atoms with Crippen LogP contribution in [0.3, 0.4) is 0 Å². The largest absolute Gasteiger partial charge is 0.482 e. The lowest BCUT2D eigenvalue weighted by atomic mass is 10.1. The second kappa shape index (κ2) is 9.52. The highest BCUT2D eigenvalue weighted by molar-refractivity contribution is 7.93. The smallest absolute Gasteiger partial charge is 0.265 e. The van der Waals surface area contributed by atoms with Crippen LogP contribution in [0, 0.1) is 0 Å². The molecule has 2 amide bonds. The number of rotatable bonds is 8. The van der Waals surface area contributed by atoms with Gasteiger partial charge < -0.3 is 15.0 Å². The second-order valence-electron chi connectivity index (χ2n) is 7.52. The number of sulfone groups is 1. The number of carbonyl (C=O) groups excluding carboxylic acids is 3. The first-order chi connectivity index (χ1) is 15.2. The Morgan fingerprint density at radius 3 is 2.44 bits per heavy atom. The molecule has 0 aromatic heterocycles. The van der Waals surface area contributed by atoms with Crippen molar-refractivity contribution in [2.75, 3.05) is 29.1 Å². The van der Waals surface area contributed by atoms with E-state index in [-0.39, 0.29) is 18.1 Å². The lowest BCUT2D eigenvalue weighted by molar-refractivity contribution is -0.121. The number of carbonyl (C=O) groups is 3. The van der Waals surface area contributed by atoms with Crippen LogP contribution in [0.4, 0.5) is 11.4 Å². The molecule has 1 heterocycles. The molecule has 0 radical (unpaired) electrons. The molecule has 170 valence electrons. The minimum absolute atomic E-state index is 0.0881. The summed E-state index contributed by atoms with van der Waals surface area (Å²) in [6.45, 7) is 5.36. The summed E-state index contributed by atoms with van der Waals surface area (Å²) in [5, 5.41) is 1.13. The van der Waals surface area contributed by atoms with Crippen molar-refractivity contribution in [2.24, 2.45) is 0 Å². The van der Waals surface area contributed by atoms with Crippen LogP contribution in [-0.2, 0) is 25.8 Å². The molecule has 0 saturated heterocycles. The quantitative estimate of drug-likeness (QED) is 0.609. The number of fused-ring (bicyclic) bond motifs is 1. The molecular weight excluding hydrogens is 432 g/mol. The number of aryl methyl sites for hydroxylation is 1. The fraction of sp³-hybridized carbons (Fsp3) is 0.348. The molecule has 0 aliphatic carbocycles. The van der Waals surface area contributed by atoms with E-state index >= 15 is 0 Å². The molecule has 32 heavy (non-hydrogen) atoms. The summed E-state index contributed by atoms with van der Waals surface area (Å²) >= 11 is 0. The van der Waals surface area contributed by atoms with Crippen molar-refractivity contribution in [3.05, 3.63) is 53.6 Å². The predicted molar refractivity (Wildman–Crippen MR) is 122 cm³/mol. The van der Waals surface area contributed by atoms with Crippen LogP contribution in [0.15, 0.2) is 42.5 Å². The van der Waals surface area contributed by atoms with Crippen molar-refractivity contribution in [1.29, 1.82) is 0 Å². The number of amides is 2. The maximum absolute atomic E-state index is 12.9. The van der Waals surface area contributed by atoms with E-state index < -0.39 is 32.5 Å². The maximum Gasteiger partial charge on any atom is 0.265 e. The van der Waals surface area contributed by atoms with E-state index in [1.54, 1.807) is 25.1 Å². The van der Waals surface area contributed by atoms with Crippen LogP contribution in [0.2, 0.25) is 0 Å². The van der Waals surface area contributed by atoms with Crippen molar-refractivity contribution < 1.29 is 27.5 Å². The van der Waals surface area contributed by atoms with Gasteiger partial charge in [-0.3, -0.25) is 14.4 Å². The first-order valence-corrected chi connectivity index (χ1v) is 12.1. The molecule has 3 rings (SSSR count). The number of benzene rings is 2. The van der Waals surface area contributed by atoms with E-state index in [4.69, 9.17) is 4.74 Å². The summed E-state index contributed by atoms with van der Waals surface area (Å²) < 4.78 is 30.9. The number of hydrogen-bond donors (Lipinski definition) is 1. The molecule has 9 heteroatoms. The number of likely N-dealkylation sites (N-methyl/N-ethyl adjacent to an activating group) is 1. The molecular formula is C23H26N2O6S. The predicted octanol–water partition coefficient (Wildman–Crippen LogP) is 2.62. The minimum Gasteiger partial charge on any atom is -0.482 e. The SMILES string of the molecule is CCc1ccc(NC(=O)CS(=O)(=O)C(C)C(=O)c2ccc3c(c2)N(CC)C(=O)CO3)cc1. The van der Waals surface area contributed by atoms with Gasteiger partial charge in [0.1, 0.15) is 16.8 Å².